The standard InChI is InChI=1S/C28H43Cl2N7O10S3/c1-2-36(9-4-10-48(39,40)41)19-7-8-24(25(12-19)33-28(38)17-5-3-6-20(11-17)49(42,43)44)34-35-27-18(15-31)16-32-37(27)26-22(29)13-21(14-23(26)30)50(45,46)47/h16-17,19-26H,2-14H2,1H3,(H,33,38)(H,39,40,41)(H,42,43,44)(H,45,46,47). The van der Waals surface area contributed by atoms with E-state index in [1.165, 1.54) is 10.9 Å². The summed E-state index contributed by atoms with van der Waals surface area (Å²) in [6, 6.07) is -0.136. The molecule has 3 saturated carbocycles. The fourth-order valence-corrected chi connectivity index (χ4v) is 10.9. The molecule has 3 fully saturated rings. The van der Waals surface area contributed by atoms with Crippen molar-refractivity contribution in [2.24, 2.45) is 16.1 Å². The van der Waals surface area contributed by atoms with E-state index in [4.69, 9.17) is 23.2 Å². The first-order valence-electron chi connectivity index (χ1n) is 16.4. The van der Waals surface area contributed by atoms with Gasteiger partial charge in [0.15, 0.2) is 5.82 Å². The number of nitrogens with one attached hydrogen (secondary N) is 1. The predicted octanol–water partition coefficient (Wildman–Crippen LogP) is 3.10. The highest BCUT2D eigenvalue weighted by atomic mass is 35.5. The van der Waals surface area contributed by atoms with E-state index >= 15 is 0 Å². The van der Waals surface area contributed by atoms with Crippen molar-refractivity contribution in [2.45, 2.75) is 117 Å². The molecule has 1 heterocycles. The van der Waals surface area contributed by atoms with Gasteiger partial charge in [0.2, 0.25) is 5.91 Å². The summed E-state index contributed by atoms with van der Waals surface area (Å²) in [5.41, 5.74) is 0.0436. The van der Waals surface area contributed by atoms with Crippen LogP contribution in [-0.2, 0) is 35.1 Å². The fraction of sp³-hybridized carbons (Fsp3) is 0.821. The Bertz CT molecular complexity index is 1760. The number of amides is 1. The van der Waals surface area contributed by atoms with E-state index in [1.807, 2.05) is 13.0 Å². The lowest BCUT2D eigenvalue weighted by Crippen LogP contribution is -2.53. The molecular weight excluding hydrogens is 761 g/mol. The third kappa shape index (κ3) is 10.6. The normalized spacial score (nSPS) is 31.4. The maximum absolute atomic E-state index is 13.6. The maximum Gasteiger partial charge on any atom is 0.267 e. The molecule has 0 bridgehead atoms. The summed E-state index contributed by atoms with van der Waals surface area (Å²) in [7, 11) is -12.9. The number of azo groups is 1. The van der Waals surface area contributed by atoms with Crippen molar-refractivity contribution in [3.63, 3.8) is 0 Å². The second kappa shape index (κ2) is 16.8. The molecule has 0 radical (unpaired) electrons. The van der Waals surface area contributed by atoms with Crippen LogP contribution in [0.2, 0.25) is 0 Å². The molecule has 1 aromatic rings. The second-order valence-electron chi connectivity index (χ2n) is 13.2. The average Bonchev–Trinajstić information content (AvgIpc) is 3.43. The number of aromatic nitrogens is 2. The molecule has 7 unspecified atom stereocenters. The summed E-state index contributed by atoms with van der Waals surface area (Å²) in [6.45, 7) is 2.84. The number of nitriles is 1. The predicted molar refractivity (Wildman–Crippen MR) is 183 cm³/mol. The van der Waals surface area contributed by atoms with Gasteiger partial charge in [-0.05, 0) is 70.9 Å². The SMILES string of the molecule is CCN(CCCS(=O)(=O)O)C1CCC(N=Nc2c(C#N)cnn2C2C(Cl)CC(S(=O)(=O)O)CC2Cl)C(NC(=O)C2CCCC(S(=O)(=O)O)C2)C1. The number of nitrogens with zero attached hydrogens (tertiary/aromatic N) is 6. The molecule has 22 heteroatoms. The van der Waals surface area contributed by atoms with Crippen molar-refractivity contribution >= 4 is 65.3 Å². The van der Waals surface area contributed by atoms with Gasteiger partial charge in [0.25, 0.3) is 30.4 Å². The van der Waals surface area contributed by atoms with Gasteiger partial charge >= 0.3 is 0 Å². The molecule has 0 spiro atoms. The first-order valence-corrected chi connectivity index (χ1v) is 21.9. The van der Waals surface area contributed by atoms with E-state index in [1.54, 1.807) is 0 Å². The molecule has 4 N–H and O–H groups in total. The Morgan fingerprint density at radius 2 is 1.68 bits per heavy atom. The molecule has 17 nitrogen and oxygen atoms in total. The van der Waals surface area contributed by atoms with Gasteiger partial charge in [0, 0.05) is 12.0 Å². The van der Waals surface area contributed by atoms with Crippen LogP contribution in [0.25, 0.3) is 0 Å². The summed E-state index contributed by atoms with van der Waals surface area (Å²) in [6.07, 6.45) is 3.66. The van der Waals surface area contributed by atoms with Crippen LogP contribution in [-0.4, -0.2) is 118 Å². The maximum atomic E-state index is 13.6. The van der Waals surface area contributed by atoms with Crippen molar-refractivity contribution in [2.75, 3.05) is 18.8 Å². The molecule has 7 atom stereocenters. The third-order valence-corrected chi connectivity index (χ3v) is 14.1. The number of carbonyl (C=O) groups excluding carboxylic acids is 1. The van der Waals surface area contributed by atoms with E-state index in [-0.39, 0.29) is 49.5 Å². The zero-order valence-corrected chi connectivity index (χ0v) is 31.3. The Morgan fingerprint density at radius 1 is 1.02 bits per heavy atom. The minimum atomic E-state index is -4.40. The number of carbonyl (C=O) groups is 1. The van der Waals surface area contributed by atoms with Gasteiger partial charge in [0.05, 0.1) is 51.3 Å². The van der Waals surface area contributed by atoms with Crippen LogP contribution in [0.1, 0.15) is 82.7 Å². The van der Waals surface area contributed by atoms with E-state index in [0.29, 0.717) is 45.2 Å². The first-order chi connectivity index (χ1) is 23.3. The van der Waals surface area contributed by atoms with Crippen LogP contribution in [0.15, 0.2) is 16.4 Å². The zero-order chi connectivity index (χ0) is 37.0. The number of rotatable bonds is 13. The van der Waals surface area contributed by atoms with Gasteiger partial charge in [-0.1, -0.05) is 13.3 Å². The highest BCUT2D eigenvalue weighted by Crippen LogP contribution is 2.41. The molecule has 0 aromatic carbocycles. The molecule has 50 heavy (non-hydrogen) atoms. The summed E-state index contributed by atoms with van der Waals surface area (Å²) < 4.78 is 99.6. The Kier molecular flexibility index (Phi) is 13.7. The zero-order valence-electron chi connectivity index (χ0n) is 27.3. The van der Waals surface area contributed by atoms with Crippen molar-refractivity contribution in [3.05, 3.63) is 11.8 Å². The van der Waals surface area contributed by atoms with Crippen molar-refractivity contribution in [3.8, 4) is 6.07 Å². The molecule has 4 rings (SSSR count). The topological polar surface area (TPSA) is 262 Å². The lowest BCUT2D eigenvalue weighted by Gasteiger charge is -2.40. The average molecular weight is 805 g/mol. The number of hydrogen-bond donors (Lipinski definition) is 4. The van der Waals surface area contributed by atoms with Crippen molar-refractivity contribution in [1.29, 1.82) is 5.26 Å². The largest absolute Gasteiger partial charge is 0.351 e. The van der Waals surface area contributed by atoms with Crippen molar-refractivity contribution < 1.29 is 43.7 Å². The molecule has 3 aliphatic carbocycles. The highest BCUT2D eigenvalue weighted by molar-refractivity contribution is 7.86. The Hall–Kier alpha value is -1.96. The van der Waals surface area contributed by atoms with Gasteiger partial charge in [0.1, 0.15) is 11.6 Å². The van der Waals surface area contributed by atoms with E-state index in [9.17, 15) is 49.0 Å². The van der Waals surface area contributed by atoms with Crippen LogP contribution >= 0.6 is 23.2 Å². The molecule has 1 aromatic heterocycles. The van der Waals surface area contributed by atoms with E-state index < -0.39 is 87.3 Å². The lowest BCUT2D eigenvalue weighted by atomic mass is 9.84. The highest BCUT2D eigenvalue weighted by Gasteiger charge is 2.44. The van der Waals surface area contributed by atoms with Crippen LogP contribution < -0.4 is 5.32 Å². The molecule has 282 valence electrons. The Balaban J connectivity index is 1.59. The number of halogens is 2. The monoisotopic (exact) mass is 803 g/mol. The molecule has 1 amide bonds. The van der Waals surface area contributed by atoms with E-state index in [0.717, 1.165) is 0 Å². The molecular formula is C28H43Cl2N7O10S3. The molecule has 0 aliphatic heterocycles. The number of hydrogen-bond acceptors (Lipinski definition) is 12. The second-order valence-corrected chi connectivity index (χ2v) is 19.3. The lowest BCUT2D eigenvalue weighted by molar-refractivity contribution is -0.127. The summed E-state index contributed by atoms with van der Waals surface area (Å²) in [4.78, 5) is 15.6. The quantitative estimate of drug-likeness (QED) is 0.127. The molecule has 3 aliphatic rings. The van der Waals surface area contributed by atoms with Gasteiger partial charge < -0.3 is 10.2 Å². The van der Waals surface area contributed by atoms with Gasteiger partial charge in [-0.15, -0.1) is 28.3 Å². The minimum absolute atomic E-state index is 0.0231. The first kappa shape index (κ1) is 40.8. The van der Waals surface area contributed by atoms with E-state index in [2.05, 4.69) is 25.5 Å². The Labute approximate surface area is 302 Å². The number of alkyl halides is 2. The molecule has 0 saturated heterocycles. The van der Waals surface area contributed by atoms with Crippen molar-refractivity contribution in [1.82, 2.24) is 20.0 Å². The smallest absolute Gasteiger partial charge is 0.267 e. The summed E-state index contributed by atoms with van der Waals surface area (Å²) >= 11 is 13.1. The van der Waals surface area contributed by atoms with Crippen LogP contribution in [0.4, 0.5) is 5.82 Å². The minimum Gasteiger partial charge on any atom is -0.351 e. The fourth-order valence-electron chi connectivity index (χ4n) is 7.30. The van der Waals surface area contributed by atoms with Crippen LogP contribution in [0.3, 0.4) is 0 Å². The van der Waals surface area contributed by atoms with Gasteiger partial charge in [-0.2, -0.15) is 40.7 Å². The third-order valence-electron chi connectivity index (χ3n) is 9.91. The van der Waals surface area contributed by atoms with Crippen LogP contribution in [0, 0.1) is 17.2 Å². The summed E-state index contributed by atoms with van der Waals surface area (Å²) in [5.74, 6) is -1.44. The van der Waals surface area contributed by atoms with Gasteiger partial charge in [-0.3, -0.25) is 18.5 Å². The summed E-state index contributed by atoms with van der Waals surface area (Å²) in [5, 5.41) is 22.0. The van der Waals surface area contributed by atoms with Crippen LogP contribution in [0.5, 0.6) is 0 Å². The Morgan fingerprint density at radius 3 is 2.26 bits per heavy atom. The van der Waals surface area contributed by atoms with Gasteiger partial charge in [-0.25, -0.2) is 4.68 Å².